The number of carbonyl (C=O) groups excluding carboxylic acids is 1. The second-order valence-electron chi connectivity index (χ2n) is 3.58. The predicted octanol–water partition coefficient (Wildman–Crippen LogP) is 2.08. The van der Waals surface area contributed by atoms with Gasteiger partial charge in [-0.3, -0.25) is 4.79 Å². The molecule has 0 saturated heterocycles. The van der Waals surface area contributed by atoms with Crippen LogP contribution < -0.4 is 11.5 Å². The van der Waals surface area contributed by atoms with E-state index in [0.29, 0.717) is 22.5 Å². The van der Waals surface area contributed by atoms with E-state index >= 15 is 0 Å². The van der Waals surface area contributed by atoms with Crippen molar-refractivity contribution < 1.29 is 4.79 Å². The molecule has 2 aromatic carbocycles. The molecule has 80 valence electrons. The van der Waals surface area contributed by atoms with Gasteiger partial charge in [0.15, 0.2) is 5.78 Å². The summed E-state index contributed by atoms with van der Waals surface area (Å²) >= 11 is 0. The van der Waals surface area contributed by atoms with Crippen molar-refractivity contribution in [1.82, 2.24) is 0 Å². The Balaban J connectivity index is 2.39. The minimum absolute atomic E-state index is 0.0698. The van der Waals surface area contributed by atoms with E-state index in [9.17, 15) is 4.79 Å². The highest BCUT2D eigenvalue weighted by Crippen LogP contribution is 2.14. The first-order valence-electron chi connectivity index (χ1n) is 4.92. The number of nitrogens with two attached hydrogens (primary N) is 2. The lowest BCUT2D eigenvalue weighted by Crippen LogP contribution is -2.02. The van der Waals surface area contributed by atoms with Gasteiger partial charge >= 0.3 is 0 Å². The second kappa shape index (κ2) is 4.06. The average molecular weight is 212 g/mol. The molecule has 4 N–H and O–H groups in total. The first-order valence-corrected chi connectivity index (χ1v) is 4.92. The summed E-state index contributed by atoms with van der Waals surface area (Å²) in [7, 11) is 0. The molecule has 0 aliphatic rings. The standard InChI is InChI=1S/C13H12N2O/c14-11-5-1-3-9(7-11)13(16)10-4-2-6-12(15)8-10/h1-8H,14-15H2. The maximum Gasteiger partial charge on any atom is 0.193 e. The van der Waals surface area contributed by atoms with Gasteiger partial charge in [-0.1, -0.05) is 24.3 Å². The first kappa shape index (κ1) is 10.2. The number of ketones is 1. The van der Waals surface area contributed by atoms with E-state index in [0.717, 1.165) is 0 Å². The van der Waals surface area contributed by atoms with E-state index < -0.39 is 0 Å². The van der Waals surface area contributed by atoms with Crippen LogP contribution in [0.25, 0.3) is 0 Å². The van der Waals surface area contributed by atoms with Gasteiger partial charge in [0.2, 0.25) is 0 Å². The zero-order chi connectivity index (χ0) is 11.5. The number of anilines is 2. The molecule has 0 saturated carbocycles. The van der Waals surface area contributed by atoms with Gasteiger partial charge in [0.1, 0.15) is 0 Å². The van der Waals surface area contributed by atoms with Crippen LogP contribution in [-0.4, -0.2) is 5.78 Å². The van der Waals surface area contributed by atoms with Gasteiger partial charge < -0.3 is 11.5 Å². The molecular formula is C13H12N2O. The van der Waals surface area contributed by atoms with Crippen LogP contribution in [0, 0.1) is 0 Å². The highest BCUT2D eigenvalue weighted by atomic mass is 16.1. The minimum Gasteiger partial charge on any atom is -0.399 e. The zero-order valence-electron chi connectivity index (χ0n) is 8.68. The molecule has 2 rings (SSSR count). The fourth-order valence-corrected chi connectivity index (χ4v) is 1.53. The molecule has 0 aliphatic heterocycles. The van der Waals surface area contributed by atoms with Crippen LogP contribution in [0.4, 0.5) is 11.4 Å². The number of nitrogen functional groups attached to an aromatic ring is 2. The zero-order valence-corrected chi connectivity index (χ0v) is 8.68. The Bertz CT molecular complexity index is 487. The van der Waals surface area contributed by atoms with Crippen LogP contribution in [-0.2, 0) is 0 Å². The average Bonchev–Trinajstić information content (AvgIpc) is 2.28. The summed E-state index contributed by atoms with van der Waals surface area (Å²) in [5.74, 6) is -0.0698. The minimum atomic E-state index is -0.0698. The maximum absolute atomic E-state index is 12.0. The second-order valence-corrected chi connectivity index (χ2v) is 3.58. The third-order valence-electron chi connectivity index (χ3n) is 2.30. The van der Waals surface area contributed by atoms with Gasteiger partial charge in [-0.05, 0) is 24.3 Å². The van der Waals surface area contributed by atoms with E-state index in [2.05, 4.69) is 0 Å². The van der Waals surface area contributed by atoms with Gasteiger partial charge in [-0.25, -0.2) is 0 Å². The molecule has 0 atom stereocenters. The van der Waals surface area contributed by atoms with E-state index in [1.807, 2.05) is 0 Å². The third-order valence-corrected chi connectivity index (χ3v) is 2.30. The molecule has 0 spiro atoms. The third kappa shape index (κ3) is 2.03. The summed E-state index contributed by atoms with van der Waals surface area (Å²) in [6.45, 7) is 0. The van der Waals surface area contributed by atoms with Crippen molar-refractivity contribution in [1.29, 1.82) is 0 Å². The predicted molar refractivity (Wildman–Crippen MR) is 65.1 cm³/mol. The lowest BCUT2D eigenvalue weighted by atomic mass is 10.0. The van der Waals surface area contributed by atoms with Crippen molar-refractivity contribution in [2.75, 3.05) is 11.5 Å². The molecule has 0 aliphatic carbocycles. The van der Waals surface area contributed by atoms with Gasteiger partial charge in [0.25, 0.3) is 0 Å². The molecule has 3 nitrogen and oxygen atoms in total. The molecule has 0 amide bonds. The van der Waals surface area contributed by atoms with Gasteiger partial charge in [-0.15, -0.1) is 0 Å². The van der Waals surface area contributed by atoms with Gasteiger partial charge in [0.05, 0.1) is 0 Å². The van der Waals surface area contributed by atoms with Crippen molar-refractivity contribution in [3.8, 4) is 0 Å². The molecule has 16 heavy (non-hydrogen) atoms. The fourth-order valence-electron chi connectivity index (χ4n) is 1.53. The Morgan fingerprint density at radius 3 is 1.62 bits per heavy atom. The van der Waals surface area contributed by atoms with Crippen LogP contribution in [0.1, 0.15) is 15.9 Å². The highest BCUT2D eigenvalue weighted by Gasteiger charge is 2.08. The number of benzene rings is 2. The summed E-state index contributed by atoms with van der Waals surface area (Å²) in [6.07, 6.45) is 0. The van der Waals surface area contributed by atoms with Crippen molar-refractivity contribution >= 4 is 17.2 Å². The van der Waals surface area contributed by atoms with Crippen LogP contribution in [0.5, 0.6) is 0 Å². The van der Waals surface area contributed by atoms with Crippen LogP contribution in [0.15, 0.2) is 48.5 Å². The number of rotatable bonds is 2. The lowest BCUT2D eigenvalue weighted by Gasteiger charge is -2.03. The normalized spacial score (nSPS) is 10.0. The Morgan fingerprint density at radius 1 is 0.812 bits per heavy atom. The highest BCUT2D eigenvalue weighted by molar-refractivity contribution is 6.09. The molecule has 0 aromatic heterocycles. The van der Waals surface area contributed by atoms with Crippen molar-refractivity contribution in [2.24, 2.45) is 0 Å². The molecule has 0 heterocycles. The Hall–Kier alpha value is -2.29. The van der Waals surface area contributed by atoms with Crippen LogP contribution in [0.3, 0.4) is 0 Å². The summed E-state index contributed by atoms with van der Waals surface area (Å²) in [5.41, 5.74) is 13.6. The molecule has 0 unspecified atom stereocenters. The topological polar surface area (TPSA) is 69.1 Å². The number of hydrogen-bond acceptors (Lipinski definition) is 3. The van der Waals surface area contributed by atoms with Crippen molar-refractivity contribution in [3.05, 3.63) is 59.7 Å². The van der Waals surface area contributed by atoms with Gasteiger partial charge in [0, 0.05) is 22.5 Å². The van der Waals surface area contributed by atoms with E-state index in [1.165, 1.54) is 0 Å². The van der Waals surface area contributed by atoms with Gasteiger partial charge in [-0.2, -0.15) is 0 Å². The van der Waals surface area contributed by atoms with Crippen molar-refractivity contribution in [2.45, 2.75) is 0 Å². The molecule has 0 fully saturated rings. The molecular weight excluding hydrogens is 200 g/mol. The Labute approximate surface area is 93.7 Å². The fraction of sp³-hybridized carbons (Fsp3) is 0. The first-order chi connectivity index (χ1) is 7.66. The molecule has 2 aromatic rings. The quantitative estimate of drug-likeness (QED) is 0.591. The maximum atomic E-state index is 12.0. The van der Waals surface area contributed by atoms with E-state index in [-0.39, 0.29) is 5.78 Å². The SMILES string of the molecule is Nc1cccc(C(=O)c2cccc(N)c2)c1. The molecule has 3 heteroatoms. The molecule has 0 radical (unpaired) electrons. The number of hydrogen-bond donors (Lipinski definition) is 2. The van der Waals surface area contributed by atoms with E-state index in [4.69, 9.17) is 11.5 Å². The summed E-state index contributed by atoms with van der Waals surface area (Å²) in [4.78, 5) is 12.0. The molecule has 0 bridgehead atoms. The smallest absolute Gasteiger partial charge is 0.193 e. The Morgan fingerprint density at radius 2 is 1.25 bits per heavy atom. The monoisotopic (exact) mass is 212 g/mol. The van der Waals surface area contributed by atoms with Crippen LogP contribution >= 0.6 is 0 Å². The number of carbonyl (C=O) groups is 1. The van der Waals surface area contributed by atoms with Crippen LogP contribution in [0.2, 0.25) is 0 Å². The van der Waals surface area contributed by atoms with Crippen molar-refractivity contribution in [3.63, 3.8) is 0 Å². The lowest BCUT2D eigenvalue weighted by molar-refractivity contribution is 0.103. The summed E-state index contributed by atoms with van der Waals surface area (Å²) in [5, 5.41) is 0. The summed E-state index contributed by atoms with van der Waals surface area (Å²) in [6, 6.07) is 13.8. The Kier molecular flexibility index (Phi) is 2.60. The largest absolute Gasteiger partial charge is 0.399 e. The summed E-state index contributed by atoms with van der Waals surface area (Å²) < 4.78 is 0. The van der Waals surface area contributed by atoms with E-state index in [1.54, 1.807) is 48.5 Å².